The smallest absolute Gasteiger partial charge is 0.242 e. The van der Waals surface area contributed by atoms with Crippen molar-refractivity contribution in [3.05, 3.63) is 94.2 Å². The summed E-state index contributed by atoms with van der Waals surface area (Å²) in [7, 11) is 0. The Hall–Kier alpha value is -2.92. The summed E-state index contributed by atoms with van der Waals surface area (Å²) in [5, 5.41) is 2.03. The third-order valence-electron chi connectivity index (χ3n) is 6.12. The Labute approximate surface area is 201 Å². The minimum absolute atomic E-state index is 0.0143. The van der Waals surface area contributed by atoms with Gasteiger partial charge in [0, 0.05) is 17.5 Å². The Bertz CT molecular complexity index is 989. The molecule has 0 N–H and O–H groups in total. The first-order chi connectivity index (χ1) is 16.0. The second kappa shape index (κ2) is 12.4. The number of benzene rings is 2. The molecule has 0 saturated heterocycles. The molecule has 33 heavy (non-hydrogen) atoms. The van der Waals surface area contributed by atoms with Gasteiger partial charge < -0.3 is 9.80 Å². The number of hydrogen-bond donors (Lipinski definition) is 0. The Morgan fingerprint density at radius 3 is 2.09 bits per heavy atom. The minimum Gasteiger partial charge on any atom is -0.332 e. The molecule has 5 heteroatoms. The Morgan fingerprint density at radius 1 is 0.848 bits per heavy atom. The van der Waals surface area contributed by atoms with Crippen LogP contribution in [0.15, 0.2) is 78.2 Å². The predicted octanol–water partition coefficient (Wildman–Crippen LogP) is 6.10. The summed E-state index contributed by atoms with van der Waals surface area (Å²) in [6.07, 6.45) is 1.50. The molecule has 2 amide bonds. The quantitative estimate of drug-likeness (QED) is 0.346. The van der Waals surface area contributed by atoms with Gasteiger partial charge in [-0.05, 0) is 42.3 Å². The molecule has 3 rings (SSSR count). The van der Waals surface area contributed by atoms with Crippen LogP contribution in [0.3, 0.4) is 0 Å². The molecule has 0 bridgehead atoms. The Kier molecular flexibility index (Phi) is 9.25. The van der Waals surface area contributed by atoms with E-state index < -0.39 is 0 Å². The lowest BCUT2D eigenvalue weighted by Gasteiger charge is -2.33. The fourth-order valence-electron chi connectivity index (χ4n) is 3.98. The van der Waals surface area contributed by atoms with Crippen molar-refractivity contribution in [2.75, 3.05) is 6.54 Å². The lowest BCUT2D eigenvalue weighted by atomic mass is 9.94. The maximum Gasteiger partial charge on any atom is 0.242 e. The first-order valence-electron chi connectivity index (χ1n) is 11.7. The van der Waals surface area contributed by atoms with Gasteiger partial charge >= 0.3 is 0 Å². The van der Waals surface area contributed by atoms with Gasteiger partial charge in [-0.2, -0.15) is 0 Å². The van der Waals surface area contributed by atoms with Crippen LogP contribution >= 0.6 is 11.3 Å². The Balaban J connectivity index is 1.82. The van der Waals surface area contributed by atoms with E-state index in [0.29, 0.717) is 19.5 Å². The van der Waals surface area contributed by atoms with E-state index >= 15 is 0 Å². The van der Waals surface area contributed by atoms with Crippen LogP contribution < -0.4 is 0 Å². The SMILES string of the molecule is CCC(C(=O)N(CC(=O)N(Cc1ccccc1)Cc1cccs1)C(C)CC)c1ccccc1. The van der Waals surface area contributed by atoms with E-state index in [1.165, 1.54) is 0 Å². The number of nitrogens with zero attached hydrogens (tertiary/aromatic N) is 2. The zero-order valence-electron chi connectivity index (χ0n) is 19.8. The predicted molar refractivity (Wildman–Crippen MR) is 136 cm³/mol. The van der Waals surface area contributed by atoms with Crippen LogP contribution in [-0.4, -0.2) is 34.2 Å². The van der Waals surface area contributed by atoms with Crippen molar-refractivity contribution in [1.29, 1.82) is 0 Å². The molecule has 1 aromatic heterocycles. The van der Waals surface area contributed by atoms with E-state index in [4.69, 9.17) is 0 Å². The lowest BCUT2D eigenvalue weighted by molar-refractivity contribution is -0.144. The molecular weight excluding hydrogens is 428 g/mol. The minimum atomic E-state index is -0.243. The number of carbonyl (C=O) groups excluding carboxylic acids is 2. The second-order valence-electron chi connectivity index (χ2n) is 8.41. The normalized spacial score (nSPS) is 12.7. The van der Waals surface area contributed by atoms with Gasteiger partial charge in [-0.15, -0.1) is 11.3 Å². The van der Waals surface area contributed by atoms with Crippen molar-refractivity contribution in [2.24, 2.45) is 0 Å². The van der Waals surface area contributed by atoms with E-state index in [-0.39, 0.29) is 30.3 Å². The van der Waals surface area contributed by atoms with Crippen LogP contribution in [0.1, 0.15) is 55.5 Å². The molecule has 0 aliphatic rings. The van der Waals surface area contributed by atoms with E-state index in [2.05, 4.69) is 13.0 Å². The van der Waals surface area contributed by atoms with Gasteiger partial charge in [0.05, 0.1) is 12.5 Å². The summed E-state index contributed by atoms with van der Waals surface area (Å²) >= 11 is 1.65. The first-order valence-corrected chi connectivity index (χ1v) is 12.6. The van der Waals surface area contributed by atoms with Crippen LogP contribution in [-0.2, 0) is 22.7 Å². The van der Waals surface area contributed by atoms with Gasteiger partial charge in [-0.25, -0.2) is 0 Å². The topological polar surface area (TPSA) is 40.6 Å². The average Bonchev–Trinajstić information content (AvgIpc) is 3.36. The molecule has 4 nitrogen and oxygen atoms in total. The third kappa shape index (κ3) is 6.78. The fraction of sp³-hybridized carbons (Fsp3) is 0.357. The highest BCUT2D eigenvalue weighted by atomic mass is 32.1. The summed E-state index contributed by atoms with van der Waals surface area (Å²) in [6.45, 7) is 7.29. The third-order valence-corrected chi connectivity index (χ3v) is 6.98. The first kappa shape index (κ1) is 24.7. The molecule has 2 atom stereocenters. The van der Waals surface area contributed by atoms with E-state index in [9.17, 15) is 9.59 Å². The molecule has 3 aromatic rings. The molecule has 0 radical (unpaired) electrons. The van der Waals surface area contributed by atoms with Crippen molar-refractivity contribution >= 4 is 23.2 Å². The number of thiophene rings is 1. The average molecular weight is 463 g/mol. The number of amides is 2. The van der Waals surface area contributed by atoms with Crippen LogP contribution in [0.4, 0.5) is 0 Å². The number of hydrogen-bond acceptors (Lipinski definition) is 3. The molecule has 1 heterocycles. The maximum atomic E-state index is 13.7. The van der Waals surface area contributed by atoms with Crippen LogP contribution in [0.5, 0.6) is 0 Å². The van der Waals surface area contributed by atoms with Gasteiger partial charge in [0.2, 0.25) is 11.8 Å². The molecule has 0 saturated carbocycles. The standard InChI is InChI=1S/C28H34N2O2S/c1-4-22(3)30(28(32)26(5-2)24-15-10-7-11-16-24)21-27(31)29(20-25-17-12-18-33-25)19-23-13-8-6-9-14-23/h6-18,22,26H,4-5,19-21H2,1-3H3. The van der Waals surface area contributed by atoms with E-state index in [1.54, 1.807) is 16.2 Å². The molecule has 0 spiro atoms. The van der Waals surface area contributed by atoms with Crippen molar-refractivity contribution in [3.8, 4) is 0 Å². The van der Waals surface area contributed by atoms with Crippen molar-refractivity contribution < 1.29 is 9.59 Å². The molecular formula is C28H34N2O2S. The van der Waals surface area contributed by atoms with Crippen LogP contribution in [0, 0.1) is 0 Å². The zero-order valence-corrected chi connectivity index (χ0v) is 20.6. The number of carbonyl (C=O) groups is 2. The fourth-order valence-corrected chi connectivity index (χ4v) is 4.70. The largest absolute Gasteiger partial charge is 0.332 e. The molecule has 0 aliphatic heterocycles. The van der Waals surface area contributed by atoms with Gasteiger partial charge in [0.1, 0.15) is 6.54 Å². The van der Waals surface area contributed by atoms with Crippen molar-refractivity contribution in [2.45, 2.75) is 58.7 Å². The van der Waals surface area contributed by atoms with Gasteiger partial charge in [0.15, 0.2) is 0 Å². The summed E-state index contributed by atoms with van der Waals surface area (Å²) < 4.78 is 0. The summed E-state index contributed by atoms with van der Waals surface area (Å²) in [4.78, 5) is 32.1. The highest BCUT2D eigenvalue weighted by molar-refractivity contribution is 7.09. The van der Waals surface area contributed by atoms with Gasteiger partial charge in [0.25, 0.3) is 0 Å². The van der Waals surface area contributed by atoms with E-state index in [1.807, 2.05) is 90.9 Å². The van der Waals surface area contributed by atoms with E-state index in [0.717, 1.165) is 22.4 Å². The van der Waals surface area contributed by atoms with Crippen LogP contribution in [0.2, 0.25) is 0 Å². The molecule has 2 unspecified atom stereocenters. The molecule has 2 aromatic carbocycles. The molecule has 174 valence electrons. The van der Waals surface area contributed by atoms with Gasteiger partial charge in [-0.1, -0.05) is 80.6 Å². The van der Waals surface area contributed by atoms with Crippen LogP contribution in [0.25, 0.3) is 0 Å². The highest BCUT2D eigenvalue weighted by Gasteiger charge is 2.30. The molecule has 0 aliphatic carbocycles. The van der Waals surface area contributed by atoms with Gasteiger partial charge in [-0.3, -0.25) is 9.59 Å². The monoisotopic (exact) mass is 462 g/mol. The maximum absolute atomic E-state index is 13.7. The summed E-state index contributed by atoms with van der Waals surface area (Å²) in [6, 6.07) is 24.0. The van der Waals surface area contributed by atoms with Crippen molar-refractivity contribution in [1.82, 2.24) is 9.80 Å². The summed E-state index contributed by atoms with van der Waals surface area (Å²) in [5.41, 5.74) is 2.09. The molecule has 0 fully saturated rings. The zero-order chi connectivity index (χ0) is 23.6. The Morgan fingerprint density at radius 2 is 1.52 bits per heavy atom. The van der Waals surface area contributed by atoms with Crippen molar-refractivity contribution in [3.63, 3.8) is 0 Å². The summed E-state index contributed by atoms with van der Waals surface area (Å²) in [5.74, 6) is -0.237. The second-order valence-corrected chi connectivity index (χ2v) is 9.44. The highest BCUT2D eigenvalue weighted by Crippen LogP contribution is 2.24. The lowest BCUT2D eigenvalue weighted by Crippen LogP contribution is -2.47. The number of rotatable bonds is 11.